The summed E-state index contributed by atoms with van der Waals surface area (Å²) in [6.07, 6.45) is -6.35. The molecule has 0 amide bonds. The van der Waals surface area contributed by atoms with Crippen molar-refractivity contribution in [2.75, 3.05) is 5.75 Å². The van der Waals surface area contributed by atoms with Crippen LogP contribution >= 0.6 is 0 Å². The van der Waals surface area contributed by atoms with Gasteiger partial charge in [-0.2, -0.15) is 13.2 Å². The van der Waals surface area contributed by atoms with E-state index in [0.29, 0.717) is 0 Å². The number of sulfone groups is 1. The number of alkyl halides is 3. The first kappa shape index (κ1) is 14.2. The lowest BCUT2D eigenvalue weighted by Gasteiger charge is -2.12. The molecule has 0 heterocycles. The molecule has 15 heavy (non-hydrogen) atoms. The Labute approximate surface area is 85.0 Å². The Kier molecular flexibility index (Phi) is 4.57. The Morgan fingerprint density at radius 1 is 1.40 bits per heavy atom. The zero-order valence-corrected chi connectivity index (χ0v) is 8.73. The fraction of sp³-hybridized carbons (Fsp3) is 0.857. The van der Waals surface area contributed by atoms with Crippen molar-refractivity contribution in [2.24, 2.45) is 0 Å². The smallest absolute Gasteiger partial charge is 0.390 e. The van der Waals surface area contributed by atoms with Gasteiger partial charge in [0.15, 0.2) is 15.1 Å². The van der Waals surface area contributed by atoms with Gasteiger partial charge in [0.1, 0.15) is 0 Å². The summed E-state index contributed by atoms with van der Waals surface area (Å²) < 4.78 is 57.6. The summed E-state index contributed by atoms with van der Waals surface area (Å²) in [4.78, 5) is 10.4. The van der Waals surface area contributed by atoms with E-state index in [1.165, 1.54) is 6.92 Å². The quantitative estimate of drug-likeness (QED) is 0.794. The molecule has 8 heteroatoms. The van der Waals surface area contributed by atoms with Gasteiger partial charge in [-0.3, -0.25) is 4.79 Å². The van der Waals surface area contributed by atoms with Crippen molar-refractivity contribution < 1.29 is 31.5 Å². The van der Waals surface area contributed by atoms with E-state index in [1.807, 2.05) is 0 Å². The Morgan fingerprint density at radius 2 is 1.87 bits per heavy atom. The molecule has 0 aliphatic heterocycles. The van der Waals surface area contributed by atoms with Crippen LogP contribution in [0, 0.1) is 0 Å². The van der Waals surface area contributed by atoms with E-state index in [0.717, 1.165) is 0 Å². The van der Waals surface area contributed by atoms with Crippen LogP contribution in [-0.2, 0) is 14.6 Å². The Morgan fingerprint density at radius 3 is 2.13 bits per heavy atom. The third kappa shape index (κ3) is 5.01. The van der Waals surface area contributed by atoms with Crippen LogP contribution in [0.3, 0.4) is 0 Å². The number of carboxylic acid groups (broad SMARTS) is 1. The van der Waals surface area contributed by atoms with Crippen molar-refractivity contribution >= 4 is 15.8 Å². The highest BCUT2D eigenvalue weighted by Crippen LogP contribution is 2.21. The number of rotatable bonds is 5. The van der Waals surface area contributed by atoms with E-state index in [9.17, 15) is 26.4 Å². The molecule has 0 aliphatic rings. The maximum atomic E-state index is 11.7. The van der Waals surface area contributed by atoms with Gasteiger partial charge in [0.2, 0.25) is 0 Å². The van der Waals surface area contributed by atoms with Crippen molar-refractivity contribution in [3.8, 4) is 0 Å². The van der Waals surface area contributed by atoms with E-state index in [4.69, 9.17) is 5.11 Å². The molecule has 0 radical (unpaired) electrons. The van der Waals surface area contributed by atoms with Crippen molar-refractivity contribution in [2.45, 2.75) is 31.2 Å². The molecule has 90 valence electrons. The van der Waals surface area contributed by atoms with Crippen LogP contribution in [0.1, 0.15) is 19.8 Å². The monoisotopic (exact) mass is 248 g/mol. The molecule has 0 rings (SSSR count). The van der Waals surface area contributed by atoms with E-state index in [2.05, 4.69) is 0 Å². The average molecular weight is 248 g/mol. The molecule has 0 aliphatic carbocycles. The molecule has 0 bridgehead atoms. The summed E-state index contributed by atoms with van der Waals surface area (Å²) in [6.45, 7) is 1.30. The summed E-state index contributed by atoms with van der Waals surface area (Å²) in [5.74, 6) is -2.79. The minimum absolute atomic E-state index is 0.241. The van der Waals surface area contributed by atoms with Crippen LogP contribution in [-0.4, -0.2) is 36.7 Å². The number of carboxylic acids is 1. The summed E-state index contributed by atoms with van der Waals surface area (Å²) in [5, 5.41) is 6.73. The van der Waals surface area contributed by atoms with Gasteiger partial charge in [0.25, 0.3) is 0 Å². The second kappa shape index (κ2) is 4.82. The van der Waals surface area contributed by atoms with Crippen LogP contribution in [0.15, 0.2) is 0 Å². The van der Waals surface area contributed by atoms with Crippen molar-refractivity contribution in [3.63, 3.8) is 0 Å². The van der Waals surface area contributed by atoms with Crippen LogP contribution in [0.4, 0.5) is 13.2 Å². The molecular weight excluding hydrogens is 237 g/mol. The zero-order chi connectivity index (χ0) is 12.3. The van der Waals surface area contributed by atoms with Gasteiger partial charge >= 0.3 is 12.1 Å². The molecule has 0 saturated carbocycles. The number of halogens is 3. The normalized spacial score (nSPS) is 14.9. The Hall–Kier alpha value is -0.790. The highest BCUT2D eigenvalue weighted by molar-refractivity contribution is 7.92. The molecule has 1 unspecified atom stereocenters. The number of hydrogen-bond acceptors (Lipinski definition) is 3. The molecule has 0 fully saturated rings. The standard InChI is InChI=1S/C7H11F3O4S/c1-2-5(6(11)12)15(13,14)4-3-7(8,9)10/h5H,2-4H2,1H3,(H,11,12). The highest BCUT2D eigenvalue weighted by atomic mass is 32.2. The molecule has 0 aromatic carbocycles. The lowest BCUT2D eigenvalue weighted by atomic mass is 10.3. The van der Waals surface area contributed by atoms with Gasteiger partial charge in [0.05, 0.1) is 12.2 Å². The van der Waals surface area contributed by atoms with Crippen molar-refractivity contribution in [1.82, 2.24) is 0 Å². The molecule has 4 nitrogen and oxygen atoms in total. The van der Waals surface area contributed by atoms with E-state index >= 15 is 0 Å². The maximum Gasteiger partial charge on any atom is 0.390 e. The first-order valence-corrected chi connectivity index (χ1v) is 5.83. The molecule has 1 atom stereocenters. The zero-order valence-electron chi connectivity index (χ0n) is 7.91. The molecule has 0 aromatic heterocycles. The Bertz CT molecular complexity index is 320. The summed E-state index contributed by atoms with van der Waals surface area (Å²) in [6, 6.07) is 0. The van der Waals surface area contributed by atoms with E-state index < -0.39 is 39.4 Å². The summed E-state index contributed by atoms with van der Waals surface area (Å²) in [7, 11) is -4.22. The fourth-order valence-corrected chi connectivity index (χ4v) is 2.60. The second-order valence-electron chi connectivity index (χ2n) is 2.97. The lowest BCUT2D eigenvalue weighted by Crippen LogP contribution is -2.32. The Balaban J connectivity index is 4.62. The van der Waals surface area contributed by atoms with Gasteiger partial charge in [-0.05, 0) is 6.42 Å². The molecular formula is C7H11F3O4S. The third-order valence-electron chi connectivity index (χ3n) is 1.75. The van der Waals surface area contributed by atoms with Gasteiger partial charge < -0.3 is 5.11 Å². The average Bonchev–Trinajstić information content (AvgIpc) is 1.99. The lowest BCUT2D eigenvalue weighted by molar-refractivity contribution is -0.137. The molecule has 0 aromatic rings. The van der Waals surface area contributed by atoms with Gasteiger partial charge in [-0.25, -0.2) is 8.42 Å². The fourth-order valence-electron chi connectivity index (χ4n) is 0.982. The van der Waals surface area contributed by atoms with Crippen molar-refractivity contribution in [1.29, 1.82) is 0 Å². The minimum atomic E-state index is -4.59. The summed E-state index contributed by atoms with van der Waals surface area (Å²) in [5.41, 5.74) is 0. The van der Waals surface area contributed by atoms with E-state index in [-0.39, 0.29) is 6.42 Å². The molecule has 0 spiro atoms. The largest absolute Gasteiger partial charge is 0.480 e. The predicted molar refractivity (Wildman–Crippen MR) is 46.2 cm³/mol. The molecule has 0 saturated heterocycles. The maximum absolute atomic E-state index is 11.7. The number of aliphatic carboxylic acids is 1. The van der Waals surface area contributed by atoms with E-state index in [1.54, 1.807) is 0 Å². The molecule has 1 N–H and O–H groups in total. The SMILES string of the molecule is CCC(C(=O)O)S(=O)(=O)CCC(F)(F)F. The minimum Gasteiger partial charge on any atom is -0.480 e. The number of hydrogen-bond donors (Lipinski definition) is 1. The number of carbonyl (C=O) groups is 1. The van der Waals surface area contributed by atoms with Gasteiger partial charge in [-0.15, -0.1) is 0 Å². The van der Waals surface area contributed by atoms with Crippen LogP contribution in [0.2, 0.25) is 0 Å². The predicted octanol–water partition coefficient (Wildman–Crippen LogP) is 1.22. The first-order chi connectivity index (χ1) is 6.60. The van der Waals surface area contributed by atoms with Crippen LogP contribution < -0.4 is 0 Å². The summed E-state index contributed by atoms with van der Waals surface area (Å²) >= 11 is 0. The van der Waals surface area contributed by atoms with Crippen LogP contribution in [0.25, 0.3) is 0 Å². The first-order valence-electron chi connectivity index (χ1n) is 4.11. The highest BCUT2D eigenvalue weighted by Gasteiger charge is 2.35. The van der Waals surface area contributed by atoms with Crippen LogP contribution in [0.5, 0.6) is 0 Å². The van der Waals surface area contributed by atoms with Gasteiger partial charge in [-0.1, -0.05) is 6.92 Å². The third-order valence-corrected chi connectivity index (χ3v) is 3.92. The topological polar surface area (TPSA) is 71.4 Å². The van der Waals surface area contributed by atoms with Gasteiger partial charge in [0, 0.05) is 0 Å². The van der Waals surface area contributed by atoms with Crippen molar-refractivity contribution in [3.05, 3.63) is 0 Å². The second-order valence-corrected chi connectivity index (χ2v) is 5.27.